The number of ketones is 1. The zero-order chi connectivity index (χ0) is 29.8. The molecular weight excluding hydrogens is 536 g/mol. The van der Waals surface area contributed by atoms with Crippen molar-refractivity contribution in [1.82, 2.24) is 0 Å². The average molecular weight is 571 g/mol. The number of furan rings is 1. The Bertz CT molecular complexity index is 1590. The van der Waals surface area contributed by atoms with Gasteiger partial charge in [0.25, 0.3) is 0 Å². The lowest BCUT2D eigenvalue weighted by molar-refractivity contribution is -0.190. The van der Waals surface area contributed by atoms with Gasteiger partial charge in [-0.2, -0.15) is 0 Å². The molecule has 1 aromatic heterocycles. The second-order valence-corrected chi connectivity index (χ2v) is 13.1. The molecule has 2 saturated heterocycles. The van der Waals surface area contributed by atoms with Crippen molar-refractivity contribution in [2.24, 2.45) is 28.1 Å². The normalized spacial score (nSPS) is 39.5. The Morgan fingerprint density at radius 1 is 1.10 bits per heavy atom. The van der Waals surface area contributed by atoms with E-state index in [1.165, 1.54) is 13.2 Å². The van der Waals surface area contributed by atoms with Crippen LogP contribution in [0.25, 0.3) is 11.3 Å². The van der Waals surface area contributed by atoms with Gasteiger partial charge >= 0.3 is 11.9 Å². The molecular formula is C34H34O8. The van der Waals surface area contributed by atoms with Gasteiger partial charge in [0.2, 0.25) is 0 Å². The number of esters is 2. The number of carbonyl (C=O) groups is 4. The van der Waals surface area contributed by atoms with Crippen LogP contribution in [0.4, 0.5) is 0 Å². The van der Waals surface area contributed by atoms with Crippen LogP contribution in [-0.4, -0.2) is 49.4 Å². The lowest BCUT2D eigenvalue weighted by Crippen LogP contribution is -2.66. The van der Waals surface area contributed by atoms with E-state index in [1.807, 2.05) is 32.0 Å². The maximum absolute atomic E-state index is 13.9. The van der Waals surface area contributed by atoms with Crippen molar-refractivity contribution in [3.63, 3.8) is 0 Å². The van der Waals surface area contributed by atoms with E-state index in [0.29, 0.717) is 12.0 Å². The SMILES string of the molecule is COC(=O)C[C@@H]1[C@@]2(C)C(=O)C=C[C@@]3(C)C(=O)O[C@@H](C4OC5C[C@@H](c6ccoc6-c6ccc(C=O)cc6)C(C)=C5[C@]41C)[C@H]23. The van der Waals surface area contributed by atoms with E-state index >= 15 is 0 Å². The van der Waals surface area contributed by atoms with Crippen molar-refractivity contribution in [2.45, 2.75) is 64.8 Å². The molecule has 0 amide bonds. The molecule has 0 bridgehead atoms. The summed E-state index contributed by atoms with van der Waals surface area (Å²) in [5.41, 5.74) is 1.85. The minimum Gasteiger partial charge on any atom is -0.469 e. The molecule has 0 N–H and O–H groups in total. The quantitative estimate of drug-likeness (QED) is 0.273. The van der Waals surface area contributed by atoms with Crippen LogP contribution >= 0.6 is 0 Å². The standard InChI is InChI=1S/C34H34O8/c1-17-21(20-11-13-40-27(20)19-8-6-18(16-35)7-9-19)14-22-26(17)34(4)23(15-25(37)39-5)33(3)24(36)10-12-32(2)29(33)28(30(34)41-22)42-31(32)38/h6-13,16,21-23,28-30H,14-15H2,1-5H3/t21-,22?,23-,28-,29+,30?,32-,33+,34-/m1/s1. The Balaban J connectivity index is 1.37. The summed E-state index contributed by atoms with van der Waals surface area (Å²) in [5.74, 6) is -1.10. The topological polar surface area (TPSA) is 109 Å². The molecule has 3 heterocycles. The Hall–Kier alpha value is -3.78. The fourth-order valence-corrected chi connectivity index (χ4v) is 9.45. The second-order valence-electron chi connectivity index (χ2n) is 13.1. The van der Waals surface area contributed by atoms with Crippen LogP contribution in [0.3, 0.4) is 0 Å². The van der Waals surface area contributed by atoms with Crippen molar-refractivity contribution in [1.29, 1.82) is 0 Å². The summed E-state index contributed by atoms with van der Waals surface area (Å²) in [6, 6.07) is 9.25. The van der Waals surface area contributed by atoms with Gasteiger partial charge in [0.1, 0.15) is 24.3 Å². The van der Waals surface area contributed by atoms with Gasteiger partial charge < -0.3 is 18.6 Å². The van der Waals surface area contributed by atoms with Crippen LogP contribution in [0, 0.1) is 28.1 Å². The van der Waals surface area contributed by atoms with Gasteiger partial charge in [-0.1, -0.05) is 49.8 Å². The third-order valence-corrected chi connectivity index (χ3v) is 11.3. The molecule has 0 radical (unpaired) electrons. The molecule has 5 aliphatic rings. The van der Waals surface area contributed by atoms with E-state index in [1.54, 1.807) is 24.5 Å². The first-order chi connectivity index (χ1) is 20.0. The molecule has 0 spiro atoms. The van der Waals surface area contributed by atoms with Crippen molar-refractivity contribution < 1.29 is 37.8 Å². The zero-order valence-electron chi connectivity index (χ0n) is 24.3. The number of rotatable bonds is 5. The Labute approximate surface area is 244 Å². The third kappa shape index (κ3) is 3.21. The molecule has 2 aromatic rings. The van der Waals surface area contributed by atoms with E-state index in [4.69, 9.17) is 18.6 Å². The summed E-state index contributed by atoms with van der Waals surface area (Å²) in [6.45, 7) is 7.91. The van der Waals surface area contributed by atoms with Gasteiger partial charge in [0.05, 0.1) is 31.3 Å². The molecule has 1 aromatic carbocycles. The maximum atomic E-state index is 13.9. The Morgan fingerprint density at radius 2 is 1.83 bits per heavy atom. The highest BCUT2D eigenvalue weighted by Gasteiger charge is 2.77. The van der Waals surface area contributed by atoms with Gasteiger partial charge in [-0.25, -0.2) is 0 Å². The summed E-state index contributed by atoms with van der Waals surface area (Å²) in [4.78, 5) is 51.4. The Morgan fingerprint density at radius 3 is 2.52 bits per heavy atom. The summed E-state index contributed by atoms with van der Waals surface area (Å²) in [6.07, 6.45) is 4.94. The maximum Gasteiger partial charge on any atom is 0.316 e. The molecule has 9 atom stereocenters. The van der Waals surface area contributed by atoms with E-state index < -0.39 is 46.3 Å². The average Bonchev–Trinajstić information content (AvgIpc) is 3.72. The number of hydrogen-bond donors (Lipinski definition) is 0. The predicted molar refractivity (Wildman–Crippen MR) is 150 cm³/mol. The van der Waals surface area contributed by atoms with Crippen LogP contribution in [0.1, 0.15) is 62.4 Å². The Kier molecular flexibility index (Phi) is 5.71. The number of aldehydes is 1. The molecule has 8 heteroatoms. The van der Waals surface area contributed by atoms with Gasteiger partial charge in [-0.05, 0) is 43.9 Å². The molecule has 3 fully saturated rings. The highest BCUT2D eigenvalue weighted by molar-refractivity contribution is 6.00. The molecule has 8 nitrogen and oxygen atoms in total. The first-order valence-electron chi connectivity index (χ1n) is 14.5. The largest absolute Gasteiger partial charge is 0.469 e. The van der Waals surface area contributed by atoms with E-state index in [0.717, 1.165) is 34.3 Å². The van der Waals surface area contributed by atoms with Gasteiger partial charge in [0.15, 0.2) is 5.78 Å². The van der Waals surface area contributed by atoms with Crippen molar-refractivity contribution in [2.75, 3.05) is 7.11 Å². The molecule has 218 valence electrons. The van der Waals surface area contributed by atoms with Crippen molar-refractivity contribution in [3.05, 3.63) is 71.0 Å². The molecule has 2 unspecified atom stereocenters. The van der Waals surface area contributed by atoms with Crippen molar-refractivity contribution in [3.8, 4) is 11.3 Å². The van der Waals surface area contributed by atoms with E-state index in [-0.39, 0.29) is 30.2 Å². The number of methoxy groups -OCH3 is 1. The number of fused-ring (bicyclic) bond motifs is 4. The van der Waals surface area contributed by atoms with Gasteiger partial charge in [0, 0.05) is 39.4 Å². The highest BCUT2D eigenvalue weighted by atomic mass is 16.6. The zero-order valence-corrected chi connectivity index (χ0v) is 24.3. The van der Waals surface area contributed by atoms with Crippen LogP contribution in [-0.2, 0) is 28.6 Å². The lowest BCUT2D eigenvalue weighted by Gasteiger charge is -2.59. The number of hydrogen-bond acceptors (Lipinski definition) is 8. The second kappa shape index (κ2) is 8.86. The summed E-state index contributed by atoms with van der Waals surface area (Å²) < 4.78 is 24.1. The highest BCUT2D eigenvalue weighted by Crippen LogP contribution is 2.72. The molecule has 1 saturated carbocycles. The molecule has 2 aliphatic heterocycles. The first-order valence-corrected chi connectivity index (χ1v) is 14.5. The first kappa shape index (κ1) is 27.1. The third-order valence-electron chi connectivity index (χ3n) is 11.3. The van der Waals surface area contributed by atoms with Gasteiger partial charge in [-0.15, -0.1) is 0 Å². The van der Waals surface area contributed by atoms with Crippen LogP contribution < -0.4 is 0 Å². The monoisotopic (exact) mass is 570 g/mol. The number of benzene rings is 1. The van der Waals surface area contributed by atoms with Crippen LogP contribution in [0.2, 0.25) is 0 Å². The van der Waals surface area contributed by atoms with Gasteiger partial charge in [-0.3, -0.25) is 19.2 Å². The van der Waals surface area contributed by atoms with E-state index in [2.05, 4.69) is 13.8 Å². The minimum absolute atomic E-state index is 0.0185. The summed E-state index contributed by atoms with van der Waals surface area (Å²) >= 11 is 0. The molecule has 42 heavy (non-hydrogen) atoms. The number of carbonyl (C=O) groups excluding carboxylic acids is 4. The number of allylic oxidation sites excluding steroid dienone is 2. The minimum atomic E-state index is -1.05. The fourth-order valence-electron chi connectivity index (χ4n) is 9.45. The van der Waals surface area contributed by atoms with Crippen molar-refractivity contribution >= 4 is 24.0 Å². The van der Waals surface area contributed by atoms with Crippen LogP contribution in [0.5, 0.6) is 0 Å². The fraction of sp³-hybridized carbons (Fsp3) is 0.471. The van der Waals surface area contributed by atoms with Crippen LogP contribution in [0.15, 0.2) is 64.3 Å². The lowest BCUT2D eigenvalue weighted by atomic mass is 9.42. The smallest absolute Gasteiger partial charge is 0.316 e. The predicted octanol–water partition coefficient (Wildman–Crippen LogP) is 5.22. The summed E-state index contributed by atoms with van der Waals surface area (Å²) in [5, 5.41) is 0. The molecule has 7 rings (SSSR count). The summed E-state index contributed by atoms with van der Waals surface area (Å²) in [7, 11) is 1.36. The van der Waals surface area contributed by atoms with E-state index in [9.17, 15) is 19.2 Å². The molecule has 3 aliphatic carbocycles. The number of ether oxygens (including phenoxy) is 3.